The number of hydrogen-bond donors (Lipinski definition) is 3. The predicted octanol–water partition coefficient (Wildman–Crippen LogP) is 2.20. The maximum absolute atomic E-state index is 7.50. The van der Waals surface area contributed by atoms with Gasteiger partial charge in [-0.3, -0.25) is 5.41 Å². The van der Waals surface area contributed by atoms with Crippen LogP contribution in [0.15, 0.2) is 36.4 Å². The quantitative estimate of drug-likeness (QED) is 0.570. The molecule has 17 heavy (non-hydrogen) atoms. The van der Waals surface area contributed by atoms with Crippen LogP contribution in [-0.4, -0.2) is 12.4 Å². The Labute approximate surface area is 105 Å². The monoisotopic (exact) mass is 245 g/mol. The minimum Gasteiger partial charge on any atom is -0.383 e. The Hall–Kier alpha value is -1.65. The molecule has 4 heteroatoms. The average molecular weight is 245 g/mol. The van der Waals surface area contributed by atoms with E-state index in [-0.39, 0.29) is 5.84 Å². The highest BCUT2D eigenvalue weighted by molar-refractivity contribution is 7.14. The SMILES string of the molecule is N=C(N)c1cc(-c2ccccc2)c(CCN)s1. The van der Waals surface area contributed by atoms with E-state index in [0.717, 1.165) is 22.4 Å². The maximum atomic E-state index is 7.50. The molecule has 0 bridgehead atoms. The van der Waals surface area contributed by atoms with Gasteiger partial charge in [0.25, 0.3) is 0 Å². The maximum Gasteiger partial charge on any atom is 0.133 e. The lowest BCUT2D eigenvalue weighted by atomic mass is 10.1. The fourth-order valence-electron chi connectivity index (χ4n) is 1.74. The number of rotatable bonds is 4. The highest BCUT2D eigenvalue weighted by Gasteiger charge is 2.11. The van der Waals surface area contributed by atoms with Gasteiger partial charge in [-0.25, -0.2) is 0 Å². The van der Waals surface area contributed by atoms with E-state index in [4.69, 9.17) is 16.9 Å². The van der Waals surface area contributed by atoms with Crippen LogP contribution in [0.25, 0.3) is 11.1 Å². The van der Waals surface area contributed by atoms with Crippen LogP contribution in [0.5, 0.6) is 0 Å². The first-order valence-corrected chi connectivity index (χ1v) is 6.26. The number of nitrogens with one attached hydrogen (secondary N) is 1. The van der Waals surface area contributed by atoms with Gasteiger partial charge in [-0.2, -0.15) is 0 Å². The van der Waals surface area contributed by atoms with Crippen molar-refractivity contribution in [2.45, 2.75) is 6.42 Å². The van der Waals surface area contributed by atoms with Crippen LogP contribution in [0.1, 0.15) is 9.75 Å². The van der Waals surface area contributed by atoms with Gasteiger partial charge in [0.05, 0.1) is 4.88 Å². The van der Waals surface area contributed by atoms with Crippen LogP contribution in [0, 0.1) is 5.41 Å². The molecule has 0 aliphatic heterocycles. The first kappa shape index (κ1) is 11.8. The molecule has 0 aliphatic rings. The highest BCUT2D eigenvalue weighted by Crippen LogP contribution is 2.31. The van der Waals surface area contributed by atoms with Crippen LogP contribution in [0.4, 0.5) is 0 Å². The summed E-state index contributed by atoms with van der Waals surface area (Å²) >= 11 is 1.56. The lowest BCUT2D eigenvalue weighted by Gasteiger charge is -2.01. The summed E-state index contributed by atoms with van der Waals surface area (Å²) in [7, 11) is 0. The zero-order valence-electron chi connectivity index (χ0n) is 9.44. The molecule has 1 aromatic carbocycles. The van der Waals surface area contributed by atoms with Crippen molar-refractivity contribution in [1.82, 2.24) is 0 Å². The molecule has 0 spiro atoms. The summed E-state index contributed by atoms with van der Waals surface area (Å²) in [6.07, 6.45) is 0.822. The molecule has 5 N–H and O–H groups in total. The number of nitrogens with two attached hydrogens (primary N) is 2. The second kappa shape index (κ2) is 5.12. The van der Waals surface area contributed by atoms with Crippen molar-refractivity contribution in [3.8, 4) is 11.1 Å². The van der Waals surface area contributed by atoms with Gasteiger partial charge in [-0.15, -0.1) is 11.3 Å². The molecular weight excluding hydrogens is 230 g/mol. The van der Waals surface area contributed by atoms with Crippen molar-refractivity contribution < 1.29 is 0 Å². The largest absolute Gasteiger partial charge is 0.383 e. The summed E-state index contributed by atoms with van der Waals surface area (Å²) in [5, 5.41) is 7.50. The van der Waals surface area contributed by atoms with Crippen LogP contribution in [-0.2, 0) is 6.42 Å². The fraction of sp³-hybridized carbons (Fsp3) is 0.154. The van der Waals surface area contributed by atoms with Gasteiger partial charge < -0.3 is 11.5 Å². The number of amidine groups is 1. The summed E-state index contributed by atoms with van der Waals surface area (Å²) in [5.74, 6) is 0.121. The summed E-state index contributed by atoms with van der Waals surface area (Å²) in [6, 6.07) is 12.1. The van der Waals surface area contributed by atoms with Gasteiger partial charge in [-0.05, 0) is 30.2 Å². The molecule has 0 fully saturated rings. The highest BCUT2D eigenvalue weighted by atomic mass is 32.1. The topological polar surface area (TPSA) is 75.9 Å². The van der Waals surface area contributed by atoms with E-state index in [1.165, 1.54) is 4.88 Å². The molecule has 2 aromatic rings. The van der Waals surface area contributed by atoms with Crippen molar-refractivity contribution in [1.29, 1.82) is 5.41 Å². The Morgan fingerprint density at radius 2 is 1.94 bits per heavy atom. The Morgan fingerprint density at radius 3 is 2.53 bits per heavy atom. The van der Waals surface area contributed by atoms with E-state index in [2.05, 4.69) is 12.1 Å². The second-order valence-corrected chi connectivity index (χ2v) is 4.90. The molecule has 2 rings (SSSR count). The van der Waals surface area contributed by atoms with Gasteiger partial charge in [0.1, 0.15) is 5.84 Å². The summed E-state index contributed by atoms with van der Waals surface area (Å²) in [6.45, 7) is 0.609. The molecule has 0 unspecified atom stereocenters. The fourth-order valence-corrected chi connectivity index (χ4v) is 2.80. The van der Waals surface area contributed by atoms with Crippen molar-refractivity contribution >= 4 is 17.2 Å². The van der Waals surface area contributed by atoms with E-state index in [1.807, 2.05) is 24.3 Å². The van der Waals surface area contributed by atoms with Crippen molar-refractivity contribution in [2.24, 2.45) is 11.5 Å². The van der Waals surface area contributed by atoms with E-state index in [1.54, 1.807) is 11.3 Å². The molecule has 88 valence electrons. The zero-order valence-corrected chi connectivity index (χ0v) is 10.3. The molecule has 3 nitrogen and oxygen atoms in total. The molecule has 0 amide bonds. The summed E-state index contributed by atoms with van der Waals surface area (Å²) in [4.78, 5) is 2.01. The minimum absolute atomic E-state index is 0.121. The van der Waals surface area contributed by atoms with Crippen LogP contribution >= 0.6 is 11.3 Å². The van der Waals surface area contributed by atoms with E-state index < -0.39 is 0 Å². The number of benzene rings is 1. The molecule has 0 aliphatic carbocycles. The number of nitrogen functional groups attached to an aromatic ring is 1. The van der Waals surface area contributed by atoms with Crippen LogP contribution < -0.4 is 11.5 Å². The summed E-state index contributed by atoms with van der Waals surface area (Å²) in [5.41, 5.74) is 13.4. The van der Waals surface area contributed by atoms with Gasteiger partial charge in [0.2, 0.25) is 0 Å². The van der Waals surface area contributed by atoms with Gasteiger partial charge in [0.15, 0.2) is 0 Å². The van der Waals surface area contributed by atoms with Gasteiger partial charge >= 0.3 is 0 Å². The number of thiophene rings is 1. The third-order valence-corrected chi connectivity index (χ3v) is 3.76. The van der Waals surface area contributed by atoms with Gasteiger partial charge in [-0.1, -0.05) is 30.3 Å². The van der Waals surface area contributed by atoms with E-state index >= 15 is 0 Å². The van der Waals surface area contributed by atoms with Crippen molar-refractivity contribution in [3.63, 3.8) is 0 Å². The van der Waals surface area contributed by atoms with Crippen molar-refractivity contribution in [2.75, 3.05) is 6.54 Å². The lowest BCUT2D eigenvalue weighted by molar-refractivity contribution is 0.990. The Balaban J connectivity index is 2.48. The molecule has 0 atom stereocenters. The minimum atomic E-state index is 0.121. The molecule has 1 aromatic heterocycles. The molecule has 0 saturated heterocycles. The normalized spacial score (nSPS) is 10.4. The van der Waals surface area contributed by atoms with E-state index in [0.29, 0.717) is 6.54 Å². The first-order valence-electron chi connectivity index (χ1n) is 5.45. The summed E-state index contributed by atoms with van der Waals surface area (Å²) < 4.78 is 0. The molecular formula is C13H15N3S. The number of hydrogen-bond acceptors (Lipinski definition) is 3. The predicted molar refractivity (Wildman–Crippen MR) is 73.5 cm³/mol. The second-order valence-electron chi connectivity index (χ2n) is 3.77. The smallest absolute Gasteiger partial charge is 0.133 e. The third kappa shape index (κ3) is 2.54. The Morgan fingerprint density at radius 1 is 1.24 bits per heavy atom. The average Bonchev–Trinajstić information content (AvgIpc) is 2.75. The third-order valence-electron chi connectivity index (χ3n) is 2.53. The standard InChI is InChI=1S/C13H15N3S/c14-7-6-11-10(8-12(17-11)13(15)16)9-4-2-1-3-5-9/h1-5,8H,6-7,14H2,(H3,15,16). The first-order chi connectivity index (χ1) is 8.22. The van der Waals surface area contributed by atoms with Gasteiger partial charge in [0, 0.05) is 4.88 Å². The van der Waals surface area contributed by atoms with Crippen molar-refractivity contribution in [3.05, 3.63) is 46.2 Å². The van der Waals surface area contributed by atoms with Crippen LogP contribution in [0.3, 0.4) is 0 Å². The zero-order chi connectivity index (χ0) is 12.3. The van der Waals surface area contributed by atoms with Crippen LogP contribution in [0.2, 0.25) is 0 Å². The molecule has 0 radical (unpaired) electrons. The molecule has 0 saturated carbocycles. The Kier molecular flexibility index (Phi) is 3.56. The van der Waals surface area contributed by atoms with E-state index in [9.17, 15) is 0 Å². The molecule has 1 heterocycles. The Bertz CT molecular complexity index is 517. The lowest BCUT2D eigenvalue weighted by Crippen LogP contribution is -2.08.